The highest BCUT2D eigenvalue weighted by molar-refractivity contribution is 8.00. The second-order valence-corrected chi connectivity index (χ2v) is 6.06. The molecule has 1 fully saturated rings. The summed E-state index contributed by atoms with van der Waals surface area (Å²) in [5, 5.41) is 0.894. The van der Waals surface area contributed by atoms with Crippen molar-refractivity contribution in [3.8, 4) is 0 Å². The van der Waals surface area contributed by atoms with Crippen molar-refractivity contribution in [2.24, 2.45) is 0 Å². The smallest absolute Gasteiger partial charge is 0.255 e. The van der Waals surface area contributed by atoms with Crippen molar-refractivity contribution in [1.29, 1.82) is 0 Å². The molecule has 0 aliphatic carbocycles. The molecule has 0 aromatic carbocycles. The van der Waals surface area contributed by atoms with Gasteiger partial charge in [0.05, 0.1) is 5.56 Å². The lowest BCUT2D eigenvalue weighted by Crippen LogP contribution is -2.47. The summed E-state index contributed by atoms with van der Waals surface area (Å²) in [5.74, 6) is 1.05. The molecule has 0 N–H and O–H groups in total. The molecule has 2 unspecified atom stereocenters. The molecule has 0 bridgehead atoms. The van der Waals surface area contributed by atoms with Gasteiger partial charge in [0.1, 0.15) is 5.15 Å². The number of nitrogens with zero attached hydrogens (tertiary/aromatic N) is 2. The van der Waals surface area contributed by atoms with E-state index >= 15 is 0 Å². The van der Waals surface area contributed by atoms with E-state index in [-0.39, 0.29) is 11.9 Å². The number of carbonyl (C=O) groups is 1. The predicted molar refractivity (Wildman–Crippen MR) is 71.7 cm³/mol. The lowest BCUT2D eigenvalue weighted by atomic mass is 10.1. The average Bonchev–Trinajstić information content (AvgIpc) is 2.33. The van der Waals surface area contributed by atoms with Crippen LogP contribution in [-0.4, -0.2) is 39.4 Å². The van der Waals surface area contributed by atoms with Crippen LogP contribution in [0.5, 0.6) is 0 Å². The van der Waals surface area contributed by atoms with Crippen LogP contribution in [0.25, 0.3) is 0 Å². The summed E-state index contributed by atoms with van der Waals surface area (Å²) in [7, 11) is 0. The van der Waals surface area contributed by atoms with Gasteiger partial charge in [-0.15, -0.1) is 0 Å². The molecule has 1 saturated heterocycles. The van der Waals surface area contributed by atoms with E-state index in [0.717, 1.165) is 12.3 Å². The van der Waals surface area contributed by atoms with Crippen molar-refractivity contribution in [1.82, 2.24) is 9.88 Å². The van der Waals surface area contributed by atoms with E-state index in [4.69, 9.17) is 11.6 Å². The lowest BCUT2D eigenvalue weighted by Gasteiger charge is -2.37. The molecule has 1 aromatic heterocycles. The van der Waals surface area contributed by atoms with Crippen LogP contribution in [0.15, 0.2) is 18.3 Å². The number of rotatable bonds is 1. The van der Waals surface area contributed by atoms with E-state index in [1.165, 1.54) is 0 Å². The first kappa shape index (κ1) is 12.7. The van der Waals surface area contributed by atoms with Crippen LogP contribution in [-0.2, 0) is 0 Å². The highest BCUT2D eigenvalue weighted by Crippen LogP contribution is 2.25. The molecule has 3 nitrogen and oxygen atoms in total. The maximum Gasteiger partial charge on any atom is 0.255 e. The van der Waals surface area contributed by atoms with E-state index in [2.05, 4.69) is 18.8 Å². The van der Waals surface area contributed by atoms with Crippen LogP contribution in [0.3, 0.4) is 0 Å². The molecule has 17 heavy (non-hydrogen) atoms. The molecule has 1 aliphatic rings. The first-order chi connectivity index (χ1) is 8.09. The van der Waals surface area contributed by atoms with E-state index in [1.807, 2.05) is 16.7 Å². The number of amides is 1. The van der Waals surface area contributed by atoms with Crippen LogP contribution in [0.1, 0.15) is 24.2 Å². The van der Waals surface area contributed by atoms with Gasteiger partial charge in [0.15, 0.2) is 0 Å². The fourth-order valence-corrected chi connectivity index (χ4v) is 3.10. The van der Waals surface area contributed by atoms with E-state index in [9.17, 15) is 4.79 Å². The van der Waals surface area contributed by atoms with Crippen molar-refractivity contribution in [3.63, 3.8) is 0 Å². The minimum Gasteiger partial charge on any atom is -0.334 e. The lowest BCUT2D eigenvalue weighted by molar-refractivity contribution is 0.0698. The van der Waals surface area contributed by atoms with Gasteiger partial charge in [0.25, 0.3) is 5.91 Å². The summed E-state index contributed by atoms with van der Waals surface area (Å²) < 4.78 is 0. The summed E-state index contributed by atoms with van der Waals surface area (Å²) in [6.45, 7) is 5.06. The zero-order valence-electron chi connectivity index (χ0n) is 9.89. The molecule has 5 heteroatoms. The first-order valence-corrected chi connectivity index (χ1v) is 7.06. The Hall–Kier alpha value is -0.740. The third-order valence-electron chi connectivity index (χ3n) is 3.12. The molecule has 92 valence electrons. The van der Waals surface area contributed by atoms with Gasteiger partial charge < -0.3 is 4.90 Å². The molecule has 1 amide bonds. The van der Waals surface area contributed by atoms with Crippen LogP contribution >= 0.6 is 23.4 Å². The van der Waals surface area contributed by atoms with Crippen LogP contribution in [0, 0.1) is 0 Å². The van der Waals surface area contributed by atoms with Gasteiger partial charge in [0, 0.05) is 29.8 Å². The number of carbonyl (C=O) groups excluding carboxylic acids is 1. The Morgan fingerprint density at radius 2 is 2.29 bits per heavy atom. The van der Waals surface area contributed by atoms with Crippen LogP contribution in [0.4, 0.5) is 0 Å². The van der Waals surface area contributed by atoms with Gasteiger partial charge in [-0.05, 0) is 19.1 Å². The predicted octanol–water partition coefficient (Wildman–Crippen LogP) is 2.70. The Morgan fingerprint density at radius 1 is 1.53 bits per heavy atom. The summed E-state index contributed by atoms with van der Waals surface area (Å²) in [6, 6.07) is 3.65. The maximum atomic E-state index is 12.3. The quantitative estimate of drug-likeness (QED) is 0.736. The minimum atomic E-state index is 0.0498. The first-order valence-electron chi connectivity index (χ1n) is 5.63. The molecule has 1 aliphatic heterocycles. The zero-order chi connectivity index (χ0) is 12.4. The SMILES string of the molecule is CC1SCCN(C(=O)c2ccc(Cl)nc2)C1C. The minimum absolute atomic E-state index is 0.0498. The van der Waals surface area contributed by atoms with Gasteiger partial charge in [-0.1, -0.05) is 18.5 Å². The van der Waals surface area contributed by atoms with Crippen molar-refractivity contribution in [2.75, 3.05) is 12.3 Å². The summed E-state index contributed by atoms with van der Waals surface area (Å²) in [4.78, 5) is 18.2. The Bertz CT molecular complexity index is 409. The summed E-state index contributed by atoms with van der Waals surface area (Å²) >= 11 is 7.63. The number of hydrogen-bond donors (Lipinski definition) is 0. The monoisotopic (exact) mass is 270 g/mol. The van der Waals surface area contributed by atoms with Gasteiger partial charge in [-0.25, -0.2) is 4.98 Å². The normalized spacial score (nSPS) is 24.8. The van der Waals surface area contributed by atoms with Crippen LogP contribution in [0.2, 0.25) is 5.15 Å². The molecular weight excluding hydrogens is 256 g/mol. The van der Waals surface area contributed by atoms with Crippen molar-refractivity contribution in [2.45, 2.75) is 25.1 Å². The summed E-state index contributed by atoms with van der Waals surface area (Å²) in [6.07, 6.45) is 1.55. The van der Waals surface area contributed by atoms with Crippen molar-refractivity contribution < 1.29 is 4.79 Å². The van der Waals surface area contributed by atoms with Crippen LogP contribution < -0.4 is 0 Å². The molecule has 2 atom stereocenters. The second kappa shape index (κ2) is 5.27. The van der Waals surface area contributed by atoms with Gasteiger partial charge in [-0.2, -0.15) is 11.8 Å². The maximum absolute atomic E-state index is 12.3. The number of hydrogen-bond acceptors (Lipinski definition) is 3. The van der Waals surface area contributed by atoms with Gasteiger partial charge in [0.2, 0.25) is 0 Å². The Labute approximate surface area is 111 Å². The summed E-state index contributed by atoms with van der Waals surface area (Å²) in [5.41, 5.74) is 0.611. The highest BCUT2D eigenvalue weighted by atomic mass is 35.5. The Balaban J connectivity index is 2.16. The van der Waals surface area contributed by atoms with Crippen molar-refractivity contribution in [3.05, 3.63) is 29.0 Å². The van der Waals surface area contributed by atoms with E-state index < -0.39 is 0 Å². The molecule has 2 heterocycles. The number of pyridine rings is 1. The third kappa shape index (κ3) is 2.75. The molecule has 1 aromatic rings. The Morgan fingerprint density at radius 3 is 2.94 bits per heavy atom. The number of halogens is 1. The molecule has 0 radical (unpaired) electrons. The third-order valence-corrected chi connectivity index (χ3v) is 4.68. The highest BCUT2D eigenvalue weighted by Gasteiger charge is 2.29. The fourth-order valence-electron chi connectivity index (χ4n) is 1.89. The molecule has 0 spiro atoms. The zero-order valence-corrected chi connectivity index (χ0v) is 11.5. The van der Waals surface area contributed by atoms with E-state index in [1.54, 1.807) is 18.3 Å². The van der Waals surface area contributed by atoms with Gasteiger partial charge in [-0.3, -0.25) is 4.79 Å². The second-order valence-electron chi connectivity index (χ2n) is 4.18. The van der Waals surface area contributed by atoms with Gasteiger partial charge >= 0.3 is 0 Å². The number of thioether (sulfide) groups is 1. The fraction of sp³-hybridized carbons (Fsp3) is 0.500. The average molecular weight is 271 g/mol. The van der Waals surface area contributed by atoms with E-state index in [0.29, 0.717) is 16.0 Å². The molecule has 0 saturated carbocycles. The standard InChI is InChI=1S/C12H15ClN2OS/c1-8-9(2)17-6-5-15(8)12(16)10-3-4-11(13)14-7-10/h3-4,7-9H,5-6H2,1-2H3. The topological polar surface area (TPSA) is 33.2 Å². The Kier molecular flexibility index (Phi) is 3.94. The molecular formula is C12H15ClN2OS. The number of aromatic nitrogens is 1. The van der Waals surface area contributed by atoms with Crippen molar-refractivity contribution >= 4 is 29.3 Å². The largest absolute Gasteiger partial charge is 0.334 e. The molecule has 2 rings (SSSR count).